The van der Waals surface area contributed by atoms with Gasteiger partial charge < -0.3 is 21.3 Å². The smallest absolute Gasteiger partial charge is 0.0568 e. The average molecular weight is 347 g/mol. The van der Waals surface area contributed by atoms with Gasteiger partial charge in [-0.15, -0.1) is 0 Å². The lowest BCUT2D eigenvalue weighted by atomic mass is 10.2. The first-order valence-electron chi connectivity index (χ1n) is 7.04. The van der Waals surface area contributed by atoms with Crippen molar-refractivity contribution in [3.63, 3.8) is 0 Å². The Labute approximate surface area is 133 Å². The third-order valence-corrected chi connectivity index (χ3v) is 4.44. The molecule has 0 spiro atoms. The van der Waals surface area contributed by atoms with E-state index < -0.39 is 0 Å². The minimum Gasteiger partial charge on any atom is -0.397 e. The second kappa shape index (κ2) is 5.85. The summed E-state index contributed by atoms with van der Waals surface area (Å²) in [5.41, 5.74) is 15.4. The maximum Gasteiger partial charge on any atom is 0.0568 e. The molecule has 1 heterocycles. The number of hydrogen-bond donors (Lipinski definition) is 2. The van der Waals surface area contributed by atoms with Gasteiger partial charge in [0.25, 0.3) is 0 Å². The number of piperazine rings is 1. The number of nitrogen functional groups attached to an aromatic ring is 2. The molecule has 110 valence electrons. The van der Waals surface area contributed by atoms with E-state index in [1.165, 1.54) is 5.69 Å². The fraction of sp³-hybridized carbons (Fsp3) is 0.250. The van der Waals surface area contributed by atoms with E-state index in [-0.39, 0.29) is 0 Å². The maximum absolute atomic E-state index is 5.89. The molecular formula is C16H19BrN4. The van der Waals surface area contributed by atoms with Crippen LogP contribution in [0.15, 0.2) is 46.9 Å². The van der Waals surface area contributed by atoms with E-state index in [1.807, 2.05) is 18.2 Å². The number of anilines is 4. The van der Waals surface area contributed by atoms with Crippen molar-refractivity contribution in [1.82, 2.24) is 0 Å². The standard InChI is InChI=1S/C16H19BrN4/c17-12-1-3-13(4-2-12)20-7-9-21(10-8-20)14-5-6-15(18)16(19)11-14/h1-6,11H,7-10,18-19H2. The minimum absolute atomic E-state index is 0.646. The van der Waals surface area contributed by atoms with Crippen LogP contribution < -0.4 is 21.3 Å². The number of halogens is 1. The van der Waals surface area contributed by atoms with Crippen LogP contribution in [0.1, 0.15) is 0 Å². The molecule has 4 N–H and O–H groups in total. The average Bonchev–Trinajstić information content (AvgIpc) is 2.51. The molecule has 0 bridgehead atoms. The first-order valence-corrected chi connectivity index (χ1v) is 7.83. The van der Waals surface area contributed by atoms with Crippen molar-refractivity contribution in [2.24, 2.45) is 0 Å². The van der Waals surface area contributed by atoms with Crippen molar-refractivity contribution < 1.29 is 0 Å². The molecule has 5 heteroatoms. The third-order valence-electron chi connectivity index (χ3n) is 3.91. The zero-order chi connectivity index (χ0) is 14.8. The summed E-state index contributed by atoms with van der Waals surface area (Å²) in [7, 11) is 0. The van der Waals surface area contributed by atoms with Crippen LogP contribution in [0.2, 0.25) is 0 Å². The maximum atomic E-state index is 5.89. The summed E-state index contributed by atoms with van der Waals surface area (Å²) in [6, 6.07) is 14.4. The molecule has 0 atom stereocenters. The summed E-state index contributed by atoms with van der Waals surface area (Å²) in [5, 5.41) is 0. The Hall–Kier alpha value is -1.88. The summed E-state index contributed by atoms with van der Waals surface area (Å²) >= 11 is 3.47. The van der Waals surface area contributed by atoms with Gasteiger partial charge in [-0.3, -0.25) is 0 Å². The third kappa shape index (κ3) is 3.08. The molecule has 0 saturated carbocycles. The van der Waals surface area contributed by atoms with Crippen molar-refractivity contribution in [3.8, 4) is 0 Å². The number of hydrogen-bond acceptors (Lipinski definition) is 4. The highest BCUT2D eigenvalue weighted by molar-refractivity contribution is 9.10. The zero-order valence-electron chi connectivity index (χ0n) is 11.8. The van der Waals surface area contributed by atoms with E-state index in [1.54, 1.807) is 0 Å². The lowest BCUT2D eigenvalue weighted by Crippen LogP contribution is -2.46. The lowest BCUT2D eigenvalue weighted by molar-refractivity contribution is 0.653. The monoisotopic (exact) mass is 346 g/mol. The van der Waals surface area contributed by atoms with E-state index >= 15 is 0 Å². The van der Waals surface area contributed by atoms with Gasteiger partial charge >= 0.3 is 0 Å². The van der Waals surface area contributed by atoms with Crippen molar-refractivity contribution >= 4 is 38.7 Å². The Bertz CT molecular complexity index is 619. The van der Waals surface area contributed by atoms with Gasteiger partial charge in [-0.25, -0.2) is 0 Å². The first kappa shape index (κ1) is 14.1. The van der Waals surface area contributed by atoms with Crippen LogP contribution >= 0.6 is 15.9 Å². The Morgan fingerprint density at radius 2 is 1.24 bits per heavy atom. The lowest BCUT2D eigenvalue weighted by Gasteiger charge is -2.37. The van der Waals surface area contributed by atoms with Gasteiger partial charge in [0.1, 0.15) is 0 Å². The molecule has 1 saturated heterocycles. The van der Waals surface area contributed by atoms with Crippen molar-refractivity contribution in [1.29, 1.82) is 0 Å². The molecular weight excluding hydrogens is 328 g/mol. The molecule has 3 rings (SSSR count). The molecule has 1 aliphatic heterocycles. The Morgan fingerprint density at radius 3 is 1.81 bits per heavy atom. The van der Waals surface area contributed by atoms with Crippen LogP contribution in [0, 0.1) is 0 Å². The SMILES string of the molecule is Nc1ccc(N2CCN(c3ccc(Br)cc3)CC2)cc1N. The van der Waals surface area contributed by atoms with Crippen LogP contribution in [0.3, 0.4) is 0 Å². The van der Waals surface area contributed by atoms with Gasteiger partial charge in [0, 0.05) is 42.0 Å². The minimum atomic E-state index is 0.646. The van der Waals surface area contributed by atoms with Crippen LogP contribution in [0.4, 0.5) is 22.7 Å². The van der Waals surface area contributed by atoms with E-state index in [2.05, 4.69) is 50.0 Å². The topological polar surface area (TPSA) is 58.5 Å². The quantitative estimate of drug-likeness (QED) is 0.820. The molecule has 2 aromatic rings. The fourth-order valence-corrected chi connectivity index (χ4v) is 2.90. The summed E-state index contributed by atoms with van der Waals surface area (Å²) in [6.07, 6.45) is 0. The Morgan fingerprint density at radius 1 is 0.714 bits per heavy atom. The number of nitrogens with two attached hydrogens (primary N) is 2. The molecule has 4 nitrogen and oxygen atoms in total. The number of rotatable bonds is 2. The van der Waals surface area contributed by atoms with E-state index in [0.717, 1.165) is 36.3 Å². The van der Waals surface area contributed by atoms with E-state index in [4.69, 9.17) is 11.5 Å². The van der Waals surface area contributed by atoms with Crippen LogP contribution in [0.25, 0.3) is 0 Å². The molecule has 0 aliphatic carbocycles. The van der Waals surface area contributed by atoms with Gasteiger partial charge in [-0.1, -0.05) is 15.9 Å². The van der Waals surface area contributed by atoms with E-state index in [9.17, 15) is 0 Å². The van der Waals surface area contributed by atoms with E-state index in [0.29, 0.717) is 11.4 Å². The highest BCUT2D eigenvalue weighted by Crippen LogP contribution is 2.25. The second-order valence-electron chi connectivity index (χ2n) is 5.26. The summed E-state index contributed by atoms with van der Waals surface area (Å²) in [5.74, 6) is 0. The highest BCUT2D eigenvalue weighted by Gasteiger charge is 2.17. The van der Waals surface area contributed by atoms with Gasteiger partial charge in [0.15, 0.2) is 0 Å². The number of nitrogens with zero attached hydrogens (tertiary/aromatic N) is 2. The predicted molar refractivity (Wildman–Crippen MR) is 93.8 cm³/mol. The van der Waals surface area contributed by atoms with Crippen LogP contribution in [-0.4, -0.2) is 26.2 Å². The van der Waals surface area contributed by atoms with Crippen LogP contribution in [0.5, 0.6) is 0 Å². The van der Waals surface area contributed by atoms with Crippen molar-refractivity contribution in [3.05, 3.63) is 46.9 Å². The second-order valence-corrected chi connectivity index (χ2v) is 6.18. The van der Waals surface area contributed by atoms with Gasteiger partial charge in [-0.05, 0) is 42.5 Å². The summed E-state index contributed by atoms with van der Waals surface area (Å²) in [4.78, 5) is 4.76. The Kier molecular flexibility index (Phi) is 3.92. The molecule has 1 aliphatic rings. The van der Waals surface area contributed by atoms with Gasteiger partial charge in [0.05, 0.1) is 11.4 Å². The fourth-order valence-electron chi connectivity index (χ4n) is 2.63. The molecule has 21 heavy (non-hydrogen) atoms. The van der Waals surface area contributed by atoms with Gasteiger partial charge in [-0.2, -0.15) is 0 Å². The summed E-state index contributed by atoms with van der Waals surface area (Å²) in [6.45, 7) is 3.98. The van der Waals surface area contributed by atoms with Crippen LogP contribution in [-0.2, 0) is 0 Å². The van der Waals surface area contributed by atoms with Crippen molar-refractivity contribution in [2.75, 3.05) is 47.4 Å². The molecule has 0 aromatic heterocycles. The molecule has 0 amide bonds. The largest absolute Gasteiger partial charge is 0.397 e. The van der Waals surface area contributed by atoms with Crippen molar-refractivity contribution in [2.45, 2.75) is 0 Å². The molecule has 0 unspecified atom stereocenters. The molecule has 0 radical (unpaired) electrons. The summed E-state index contributed by atoms with van der Waals surface area (Å²) < 4.78 is 1.11. The normalized spacial score (nSPS) is 15.3. The highest BCUT2D eigenvalue weighted by atomic mass is 79.9. The number of benzene rings is 2. The zero-order valence-corrected chi connectivity index (χ0v) is 13.4. The Balaban J connectivity index is 1.67. The predicted octanol–water partition coefficient (Wildman–Crippen LogP) is 2.94. The van der Waals surface area contributed by atoms with Gasteiger partial charge in [0.2, 0.25) is 0 Å². The molecule has 2 aromatic carbocycles. The molecule has 1 fully saturated rings. The first-order chi connectivity index (χ1) is 10.1.